The Kier molecular flexibility index (Phi) is 8.02. The minimum Gasteiger partial charge on any atom is -0.494 e. The second-order valence-corrected chi connectivity index (χ2v) is 5.82. The fraction of sp³-hybridized carbons (Fsp3) is 0.286. The van der Waals surface area contributed by atoms with Crippen molar-refractivity contribution in [1.29, 1.82) is 0 Å². The quantitative estimate of drug-likeness (QED) is 0.668. The molecule has 0 fully saturated rings. The SMILES string of the molecule is CCOc1ccccc1CCC(=O)OCC(=O)Nc1ccc(C(=O)OC)cc1. The maximum absolute atomic E-state index is 11.9. The molecule has 0 aromatic heterocycles. The first-order valence-electron chi connectivity index (χ1n) is 8.88. The van der Waals surface area contributed by atoms with Gasteiger partial charge in [-0.05, 0) is 49.2 Å². The number of carbonyl (C=O) groups is 3. The lowest BCUT2D eigenvalue weighted by atomic mass is 10.1. The third-order valence-electron chi connectivity index (χ3n) is 3.82. The molecule has 0 atom stereocenters. The van der Waals surface area contributed by atoms with Crippen LogP contribution in [0.1, 0.15) is 29.3 Å². The van der Waals surface area contributed by atoms with Crippen LogP contribution in [0.3, 0.4) is 0 Å². The van der Waals surface area contributed by atoms with Crippen molar-refractivity contribution in [3.05, 3.63) is 59.7 Å². The first-order valence-corrected chi connectivity index (χ1v) is 8.88. The molecule has 0 saturated carbocycles. The van der Waals surface area contributed by atoms with Gasteiger partial charge in [0.15, 0.2) is 6.61 Å². The summed E-state index contributed by atoms with van der Waals surface area (Å²) in [7, 11) is 1.29. The van der Waals surface area contributed by atoms with Gasteiger partial charge < -0.3 is 19.5 Å². The van der Waals surface area contributed by atoms with Crippen LogP contribution in [0.4, 0.5) is 5.69 Å². The number of hydrogen-bond donors (Lipinski definition) is 1. The molecule has 0 bridgehead atoms. The van der Waals surface area contributed by atoms with Gasteiger partial charge in [-0.15, -0.1) is 0 Å². The molecule has 7 nitrogen and oxygen atoms in total. The summed E-state index contributed by atoms with van der Waals surface area (Å²) in [5.74, 6) is -0.653. The lowest BCUT2D eigenvalue weighted by molar-refractivity contribution is -0.147. The minimum atomic E-state index is -0.470. The van der Waals surface area contributed by atoms with Gasteiger partial charge in [-0.2, -0.15) is 0 Å². The van der Waals surface area contributed by atoms with E-state index in [9.17, 15) is 14.4 Å². The van der Waals surface area contributed by atoms with Crippen LogP contribution in [0, 0.1) is 0 Å². The molecule has 0 aliphatic heterocycles. The number of aryl methyl sites for hydroxylation is 1. The maximum Gasteiger partial charge on any atom is 0.337 e. The van der Waals surface area contributed by atoms with E-state index in [1.165, 1.54) is 19.2 Å². The highest BCUT2D eigenvalue weighted by molar-refractivity contribution is 5.94. The van der Waals surface area contributed by atoms with E-state index in [0.29, 0.717) is 24.3 Å². The average Bonchev–Trinajstić information content (AvgIpc) is 2.72. The van der Waals surface area contributed by atoms with E-state index < -0.39 is 17.8 Å². The summed E-state index contributed by atoms with van der Waals surface area (Å²) < 4.78 is 15.1. The van der Waals surface area contributed by atoms with Crippen LogP contribution in [0.15, 0.2) is 48.5 Å². The van der Waals surface area contributed by atoms with Gasteiger partial charge in [0.05, 0.1) is 19.3 Å². The number of esters is 2. The van der Waals surface area contributed by atoms with E-state index in [0.717, 1.165) is 11.3 Å². The normalized spacial score (nSPS) is 10.1. The zero-order valence-corrected chi connectivity index (χ0v) is 15.9. The standard InChI is InChI=1S/C21H23NO6/c1-3-27-18-7-5-4-6-15(18)10-13-20(24)28-14-19(23)22-17-11-8-16(9-12-17)21(25)26-2/h4-9,11-12H,3,10,13-14H2,1-2H3,(H,22,23). The molecule has 0 aliphatic carbocycles. The highest BCUT2D eigenvalue weighted by Gasteiger charge is 2.11. The number of para-hydroxylation sites is 1. The van der Waals surface area contributed by atoms with Crippen molar-refractivity contribution >= 4 is 23.5 Å². The number of methoxy groups -OCH3 is 1. The van der Waals surface area contributed by atoms with E-state index in [2.05, 4.69) is 10.1 Å². The number of ether oxygens (including phenoxy) is 3. The molecule has 28 heavy (non-hydrogen) atoms. The molecular weight excluding hydrogens is 362 g/mol. The summed E-state index contributed by atoms with van der Waals surface area (Å²) in [6.07, 6.45) is 0.608. The predicted molar refractivity (Wildman–Crippen MR) is 103 cm³/mol. The second-order valence-electron chi connectivity index (χ2n) is 5.82. The van der Waals surface area contributed by atoms with Gasteiger partial charge in [-0.1, -0.05) is 18.2 Å². The summed E-state index contributed by atoms with van der Waals surface area (Å²) in [6, 6.07) is 13.7. The fourth-order valence-electron chi connectivity index (χ4n) is 2.47. The van der Waals surface area contributed by atoms with E-state index in [-0.39, 0.29) is 13.0 Å². The van der Waals surface area contributed by atoms with Crippen LogP contribution in [0.5, 0.6) is 5.75 Å². The van der Waals surface area contributed by atoms with Crippen molar-refractivity contribution in [2.45, 2.75) is 19.8 Å². The van der Waals surface area contributed by atoms with Crippen molar-refractivity contribution in [3.63, 3.8) is 0 Å². The van der Waals surface area contributed by atoms with E-state index >= 15 is 0 Å². The van der Waals surface area contributed by atoms with Crippen molar-refractivity contribution in [2.75, 3.05) is 25.6 Å². The molecule has 0 unspecified atom stereocenters. The Morgan fingerprint density at radius 3 is 2.39 bits per heavy atom. The molecule has 2 aromatic carbocycles. The van der Waals surface area contributed by atoms with Crippen LogP contribution in [0.2, 0.25) is 0 Å². The summed E-state index contributed by atoms with van der Waals surface area (Å²) >= 11 is 0. The van der Waals surface area contributed by atoms with Gasteiger partial charge in [-0.25, -0.2) is 4.79 Å². The summed E-state index contributed by atoms with van der Waals surface area (Å²) in [5, 5.41) is 2.59. The van der Waals surface area contributed by atoms with E-state index in [4.69, 9.17) is 9.47 Å². The molecule has 0 saturated heterocycles. The van der Waals surface area contributed by atoms with Gasteiger partial charge in [0.25, 0.3) is 5.91 Å². The predicted octanol–water partition coefficient (Wildman–Crippen LogP) is 2.99. The Hall–Kier alpha value is -3.35. The molecule has 7 heteroatoms. The molecular formula is C21H23NO6. The maximum atomic E-state index is 11.9. The number of rotatable bonds is 9. The summed E-state index contributed by atoms with van der Waals surface area (Å²) in [5.41, 5.74) is 1.77. The Balaban J connectivity index is 1.76. The number of hydrogen-bond acceptors (Lipinski definition) is 6. The largest absolute Gasteiger partial charge is 0.494 e. The molecule has 2 rings (SSSR count). The molecule has 1 N–H and O–H groups in total. The Morgan fingerprint density at radius 1 is 1.00 bits per heavy atom. The van der Waals surface area contributed by atoms with Crippen molar-refractivity contribution in [2.24, 2.45) is 0 Å². The van der Waals surface area contributed by atoms with Crippen LogP contribution in [-0.4, -0.2) is 38.2 Å². The first-order chi connectivity index (χ1) is 13.5. The molecule has 0 aliphatic rings. The molecule has 1 amide bonds. The van der Waals surface area contributed by atoms with E-state index in [1.807, 2.05) is 31.2 Å². The molecule has 0 heterocycles. The topological polar surface area (TPSA) is 90.9 Å². The lowest BCUT2D eigenvalue weighted by Gasteiger charge is -2.10. The third-order valence-corrected chi connectivity index (χ3v) is 3.82. The van der Waals surface area contributed by atoms with Crippen LogP contribution in [0.25, 0.3) is 0 Å². The monoisotopic (exact) mass is 385 g/mol. The molecule has 2 aromatic rings. The van der Waals surface area contributed by atoms with Gasteiger partial charge in [0.1, 0.15) is 5.75 Å². The van der Waals surface area contributed by atoms with Gasteiger partial charge >= 0.3 is 11.9 Å². The molecule has 148 valence electrons. The fourth-order valence-corrected chi connectivity index (χ4v) is 2.47. The first kappa shape index (κ1) is 21.0. The lowest BCUT2D eigenvalue weighted by Crippen LogP contribution is -2.21. The highest BCUT2D eigenvalue weighted by atomic mass is 16.5. The number of nitrogens with one attached hydrogen (secondary N) is 1. The van der Waals surface area contributed by atoms with Crippen LogP contribution < -0.4 is 10.1 Å². The van der Waals surface area contributed by atoms with E-state index in [1.54, 1.807) is 12.1 Å². The average molecular weight is 385 g/mol. The Bertz CT molecular complexity index is 816. The summed E-state index contributed by atoms with van der Waals surface area (Å²) in [6.45, 7) is 2.06. The number of anilines is 1. The van der Waals surface area contributed by atoms with Crippen LogP contribution >= 0.6 is 0 Å². The zero-order valence-electron chi connectivity index (χ0n) is 15.9. The Labute approximate surface area is 163 Å². The van der Waals surface area contributed by atoms with Gasteiger partial charge in [0, 0.05) is 12.1 Å². The summed E-state index contributed by atoms with van der Waals surface area (Å²) in [4.78, 5) is 35.2. The minimum absolute atomic E-state index is 0.144. The van der Waals surface area contributed by atoms with Gasteiger partial charge in [-0.3, -0.25) is 9.59 Å². The number of amides is 1. The number of benzene rings is 2. The van der Waals surface area contributed by atoms with Crippen molar-refractivity contribution in [1.82, 2.24) is 0 Å². The Morgan fingerprint density at radius 2 is 1.71 bits per heavy atom. The molecule has 0 spiro atoms. The second kappa shape index (κ2) is 10.7. The van der Waals surface area contributed by atoms with Crippen molar-refractivity contribution < 1.29 is 28.6 Å². The van der Waals surface area contributed by atoms with Crippen molar-refractivity contribution in [3.8, 4) is 5.75 Å². The zero-order chi connectivity index (χ0) is 20.4. The highest BCUT2D eigenvalue weighted by Crippen LogP contribution is 2.19. The van der Waals surface area contributed by atoms with Crippen LogP contribution in [-0.2, 0) is 25.5 Å². The number of carbonyl (C=O) groups excluding carboxylic acids is 3. The third kappa shape index (κ3) is 6.42. The molecule has 0 radical (unpaired) electrons. The smallest absolute Gasteiger partial charge is 0.337 e. The van der Waals surface area contributed by atoms with Gasteiger partial charge in [0.2, 0.25) is 0 Å².